The van der Waals surface area contributed by atoms with Gasteiger partial charge >= 0.3 is 0 Å². The van der Waals surface area contributed by atoms with Crippen LogP contribution in [-0.4, -0.2) is 65.3 Å². The topological polar surface area (TPSA) is 88.0 Å². The highest BCUT2D eigenvalue weighted by molar-refractivity contribution is 6.03. The van der Waals surface area contributed by atoms with E-state index in [1.54, 1.807) is 30.0 Å². The Balaban J connectivity index is 1.26. The molecule has 3 aromatic rings. The van der Waals surface area contributed by atoms with E-state index >= 15 is 0 Å². The predicted octanol–water partition coefficient (Wildman–Crippen LogP) is 1.70. The molecule has 1 fully saturated rings. The third-order valence-electron chi connectivity index (χ3n) is 6.11. The van der Waals surface area contributed by atoms with Crippen LogP contribution in [0.3, 0.4) is 0 Å². The van der Waals surface area contributed by atoms with Gasteiger partial charge < -0.3 is 14.5 Å². The number of rotatable bonds is 4. The van der Waals surface area contributed by atoms with Crippen LogP contribution in [0.2, 0.25) is 0 Å². The highest BCUT2D eigenvalue weighted by atomic mass is 16.5. The van der Waals surface area contributed by atoms with Crippen molar-refractivity contribution in [2.24, 2.45) is 0 Å². The van der Waals surface area contributed by atoms with Crippen molar-refractivity contribution in [1.82, 2.24) is 14.7 Å². The maximum Gasteiger partial charge on any atom is 0.271 e. The van der Waals surface area contributed by atoms with E-state index in [0.717, 1.165) is 0 Å². The summed E-state index contributed by atoms with van der Waals surface area (Å²) in [4.78, 5) is 43.4. The first-order chi connectivity index (χ1) is 16.5. The highest BCUT2D eigenvalue weighted by Gasteiger charge is 2.34. The molecule has 2 amide bonds. The van der Waals surface area contributed by atoms with Crippen molar-refractivity contribution in [3.8, 4) is 11.4 Å². The molecule has 0 N–H and O–H groups in total. The molecule has 2 aliphatic rings. The molecule has 34 heavy (non-hydrogen) atoms. The number of benzene rings is 2. The van der Waals surface area contributed by atoms with Gasteiger partial charge in [0.2, 0.25) is 5.91 Å². The molecule has 0 bridgehead atoms. The number of anilines is 2. The van der Waals surface area contributed by atoms with Crippen LogP contribution in [0.4, 0.5) is 11.5 Å². The largest absolute Gasteiger partial charge is 0.479 e. The normalized spacial score (nSPS) is 17.9. The summed E-state index contributed by atoms with van der Waals surface area (Å²) in [5, 5.41) is 4.53. The monoisotopic (exact) mass is 459 g/mol. The van der Waals surface area contributed by atoms with E-state index in [9.17, 15) is 14.4 Å². The lowest BCUT2D eigenvalue weighted by molar-refractivity contribution is -0.133. The number of fused-ring (bicyclic) bond motifs is 1. The van der Waals surface area contributed by atoms with E-state index in [-0.39, 0.29) is 23.9 Å². The van der Waals surface area contributed by atoms with Gasteiger partial charge in [-0.2, -0.15) is 4.68 Å². The highest BCUT2D eigenvalue weighted by Crippen LogP contribution is 2.33. The van der Waals surface area contributed by atoms with E-state index in [2.05, 4.69) is 10.00 Å². The third-order valence-corrected chi connectivity index (χ3v) is 6.11. The number of ether oxygens (including phenoxy) is 1. The average molecular weight is 460 g/mol. The number of piperazine rings is 1. The summed E-state index contributed by atoms with van der Waals surface area (Å²) in [6, 6.07) is 19.8. The van der Waals surface area contributed by atoms with Gasteiger partial charge in [0.15, 0.2) is 6.10 Å². The second-order valence-corrected chi connectivity index (χ2v) is 8.30. The Bertz CT molecular complexity index is 1270. The molecule has 0 unspecified atom stereocenters. The summed E-state index contributed by atoms with van der Waals surface area (Å²) in [6.45, 7) is 3.82. The molecule has 0 saturated carbocycles. The standard InChI is InChI=1S/C25H25N5O4/c1-18-25(33)29(20-9-5-6-10-21(20)34-18)17-24(32)28-15-13-27(14-16-28)22-11-12-23(31)30(26-22)19-7-3-2-4-8-19/h2-12,18H,13-17H2,1H3/t18-/m0/s1. The fraction of sp³-hybridized carbons (Fsp3) is 0.280. The summed E-state index contributed by atoms with van der Waals surface area (Å²) in [5.41, 5.74) is 1.12. The maximum absolute atomic E-state index is 13.1. The minimum atomic E-state index is -0.633. The summed E-state index contributed by atoms with van der Waals surface area (Å²) < 4.78 is 7.04. The van der Waals surface area contributed by atoms with Crippen LogP contribution in [0.25, 0.3) is 5.69 Å². The number of hydrogen-bond acceptors (Lipinski definition) is 6. The second kappa shape index (κ2) is 9.01. The van der Waals surface area contributed by atoms with Crippen molar-refractivity contribution in [3.05, 3.63) is 77.1 Å². The lowest BCUT2D eigenvalue weighted by atomic mass is 10.2. The number of amides is 2. The number of nitrogens with zero attached hydrogens (tertiary/aromatic N) is 5. The fourth-order valence-electron chi connectivity index (χ4n) is 4.27. The van der Waals surface area contributed by atoms with Crippen molar-refractivity contribution in [1.29, 1.82) is 0 Å². The van der Waals surface area contributed by atoms with Crippen molar-refractivity contribution < 1.29 is 14.3 Å². The zero-order chi connectivity index (χ0) is 23.7. The fourth-order valence-corrected chi connectivity index (χ4v) is 4.27. The van der Waals surface area contributed by atoms with E-state index in [1.807, 2.05) is 42.5 Å². The summed E-state index contributed by atoms with van der Waals surface area (Å²) in [7, 11) is 0. The smallest absolute Gasteiger partial charge is 0.271 e. The molecule has 9 nitrogen and oxygen atoms in total. The Morgan fingerprint density at radius 1 is 0.941 bits per heavy atom. The van der Waals surface area contributed by atoms with Gasteiger partial charge in [-0.25, -0.2) is 0 Å². The molecular weight excluding hydrogens is 434 g/mol. The van der Waals surface area contributed by atoms with E-state index in [1.165, 1.54) is 15.6 Å². The molecule has 9 heteroatoms. The minimum Gasteiger partial charge on any atom is -0.479 e. The predicted molar refractivity (Wildman–Crippen MR) is 128 cm³/mol. The van der Waals surface area contributed by atoms with Crippen LogP contribution in [0, 0.1) is 0 Å². The van der Waals surface area contributed by atoms with Crippen molar-refractivity contribution in [2.75, 3.05) is 42.5 Å². The molecule has 3 heterocycles. The molecule has 2 aliphatic heterocycles. The van der Waals surface area contributed by atoms with Crippen molar-refractivity contribution in [3.63, 3.8) is 0 Å². The summed E-state index contributed by atoms with van der Waals surface area (Å²) >= 11 is 0. The van der Waals surface area contributed by atoms with Crippen molar-refractivity contribution >= 4 is 23.3 Å². The van der Waals surface area contributed by atoms with Gasteiger partial charge in [0.25, 0.3) is 11.5 Å². The van der Waals surface area contributed by atoms with E-state index in [4.69, 9.17) is 4.74 Å². The van der Waals surface area contributed by atoms with Gasteiger partial charge in [0.05, 0.1) is 11.4 Å². The molecule has 1 saturated heterocycles. The Labute approximate surface area is 196 Å². The average Bonchev–Trinajstić information content (AvgIpc) is 2.87. The molecule has 0 radical (unpaired) electrons. The van der Waals surface area contributed by atoms with Gasteiger partial charge in [-0.3, -0.25) is 19.3 Å². The number of para-hydroxylation sites is 3. The zero-order valence-corrected chi connectivity index (χ0v) is 18.8. The lowest BCUT2D eigenvalue weighted by Crippen LogP contribution is -2.54. The molecule has 1 atom stereocenters. The first-order valence-corrected chi connectivity index (χ1v) is 11.3. The van der Waals surface area contributed by atoms with Crippen LogP contribution < -0.4 is 20.1 Å². The quantitative estimate of drug-likeness (QED) is 0.590. The van der Waals surface area contributed by atoms with Gasteiger partial charge in [0.1, 0.15) is 18.1 Å². The first kappa shape index (κ1) is 21.7. The van der Waals surface area contributed by atoms with Crippen LogP contribution in [0.5, 0.6) is 5.75 Å². The Morgan fingerprint density at radius 2 is 1.65 bits per heavy atom. The van der Waals surface area contributed by atoms with Gasteiger partial charge in [0, 0.05) is 32.2 Å². The van der Waals surface area contributed by atoms with Crippen LogP contribution >= 0.6 is 0 Å². The number of carbonyl (C=O) groups excluding carboxylic acids is 2. The molecule has 1 aromatic heterocycles. The van der Waals surface area contributed by atoms with Crippen LogP contribution in [0.1, 0.15) is 6.92 Å². The van der Waals surface area contributed by atoms with Crippen molar-refractivity contribution in [2.45, 2.75) is 13.0 Å². The Morgan fingerprint density at radius 3 is 2.41 bits per heavy atom. The van der Waals surface area contributed by atoms with Gasteiger partial charge in [-0.05, 0) is 37.3 Å². The molecular formula is C25H25N5O4. The molecule has 174 valence electrons. The Hall–Kier alpha value is -4.14. The Kier molecular flexibility index (Phi) is 5.75. The number of aromatic nitrogens is 2. The second-order valence-electron chi connectivity index (χ2n) is 8.30. The summed E-state index contributed by atoms with van der Waals surface area (Å²) in [6.07, 6.45) is -0.633. The molecule has 5 rings (SSSR count). The third kappa shape index (κ3) is 4.12. The lowest BCUT2D eigenvalue weighted by Gasteiger charge is -2.37. The van der Waals surface area contributed by atoms with Gasteiger partial charge in [-0.1, -0.05) is 30.3 Å². The summed E-state index contributed by atoms with van der Waals surface area (Å²) in [5.74, 6) is 0.950. The molecule has 0 aliphatic carbocycles. The minimum absolute atomic E-state index is 0.0271. The van der Waals surface area contributed by atoms with Gasteiger partial charge in [-0.15, -0.1) is 5.10 Å². The SMILES string of the molecule is C[C@@H]1Oc2ccccc2N(CC(=O)N2CCN(c3ccc(=O)n(-c4ccccc4)n3)CC2)C1=O. The number of hydrogen-bond donors (Lipinski definition) is 0. The zero-order valence-electron chi connectivity index (χ0n) is 18.8. The molecule has 2 aromatic carbocycles. The number of carbonyl (C=O) groups is 2. The molecule has 0 spiro atoms. The van der Waals surface area contributed by atoms with Crippen LogP contribution in [0.15, 0.2) is 71.5 Å². The maximum atomic E-state index is 13.1. The van der Waals surface area contributed by atoms with E-state index < -0.39 is 6.10 Å². The first-order valence-electron chi connectivity index (χ1n) is 11.3. The van der Waals surface area contributed by atoms with E-state index in [0.29, 0.717) is 49.1 Å². The van der Waals surface area contributed by atoms with Crippen LogP contribution in [-0.2, 0) is 9.59 Å².